The predicted octanol–water partition coefficient (Wildman–Crippen LogP) is 2.37. The average molecular weight is 436 g/mol. The van der Waals surface area contributed by atoms with Crippen LogP contribution in [0, 0.1) is 5.95 Å². The van der Waals surface area contributed by atoms with Gasteiger partial charge in [-0.25, -0.2) is 4.98 Å². The molecule has 0 radical (unpaired) electrons. The second-order valence-corrected chi connectivity index (χ2v) is 8.32. The second-order valence-electron chi connectivity index (χ2n) is 8.32. The lowest BCUT2D eigenvalue weighted by Gasteiger charge is -2.36. The third kappa shape index (κ3) is 3.48. The van der Waals surface area contributed by atoms with Crippen LogP contribution in [0.3, 0.4) is 0 Å². The Hall–Kier alpha value is -3.46. The lowest BCUT2D eigenvalue weighted by molar-refractivity contribution is -0.118. The van der Waals surface area contributed by atoms with Crippen LogP contribution in [0.5, 0.6) is 0 Å². The molecule has 0 bridgehead atoms. The van der Waals surface area contributed by atoms with Gasteiger partial charge in [-0.3, -0.25) is 14.5 Å². The molecule has 1 unspecified atom stereocenters. The van der Waals surface area contributed by atoms with E-state index in [0.29, 0.717) is 18.8 Å². The summed E-state index contributed by atoms with van der Waals surface area (Å²) in [6, 6.07) is 9.24. The first-order valence-electron chi connectivity index (χ1n) is 10.7. The molecule has 0 saturated carbocycles. The van der Waals surface area contributed by atoms with E-state index in [0.717, 1.165) is 41.8 Å². The van der Waals surface area contributed by atoms with Crippen molar-refractivity contribution >= 4 is 34.1 Å². The quantitative estimate of drug-likeness (QED) is 0.614. The minimum atomic E-state index is -0.626. The minimum absolute atomic E-state index is 0.00108. The average Bonchev–Trinajstić information content (AvgIpc) is 3.22. The van der Waals surface area contributed by atoms with Crippen molar-refractivity contribution in [3.05, 3.63) is 53.7 Å². The minimum Gasteiger partial charge on any atom is -0.365 e. The number of anilines is 2. The molecule has 2 amide bonds. The van der Waals surface area contributed by atoms with E-state index in [1.54, 1.807) is 12.1 Å². The number of hydrogen-bond donors (Lipinski definition) is 2. The number of nitrogens with one attached hydrogen (secondary N) is 2. The van der Waals surface area contributed by atoms with Gasteiger partial charge in [0.25, 0.3) is 5.91 Å². The predicted molar refractivity (Wildman–Crippen MR) is 120 cm³/mol. The van der Waals surface area contributed by atoms with Gasteiger partial charge in [0.15, 0.2) is 0 Å². The summed E-state index contributed by atoms with van der Waals surface area (Å²) in [6.07, 6.45) is 1.97. The SMILES string of the molecule is CNC(=O)c1ccc(N2CCN(Cc3cc4c5c(ccn5C(C)C(=O)N4)c3)CC2)c(F)n1. The van der Waals surface area contributed by atoms with Crippen molar-refractivity contribution in [2.75, 3.05) is 43.4 Å². The lowest BCUT2D eigenvalue weighted by atomic mass is 10.1. The zero-order chi connectivity index (χ0) is 22.4. The van der Waals surface area contributed by atoms with Crippen molar-refractivity contribution in [3.63, 3.8) is 0 Å². The van der Waals surface area contributed by atoms with E-state index < -0.39 is 11.9 Å². The van der Waals surface area contributed by atoms with Gasteiger partial charge in [-0.15, -0.1) is 0 Å². The van der Waals surface area contributed by atoms with Crippen LogP contribution >= 0.6 is 0 Å². The molecule has 2 aliphatic rings. The molecule has 4 heterocycles. The van der Waals surface area contributed by atoms with E-state index in [9.17, 15) is 14.0 Å². The second kappa shape index (κ2) is 7.90. The highest BCUT2D eigenvalue weighted by atomic mass is 19.1. The van der Waals surface area contributed by atoms with Crippen molar-refractivity contribution in [3.8, 4) is 0 Å². The molecule has 8 nitrogen and oxygen atoms in total. The van der Waals surface area contributed by atoms with Crippen LogP contribution in [-0.2, 0) is 11.3 Å². The molecule has 0 aliphatic carbocycles. The monoisotopic (exact) mass is 436 g/mol. The van der Waals surface area contributed by atoms with Crippen LogP contribution in [0.15, 0.2) is 36.5 Å². The third-order valence-electron chi connectivity index (χ3n) is 6.33. The summed E-state index contributed by atoms with van der Waals surface area (Å²) < 4.78 is 16.5. The van der Waals surface area contributed by atoms with Crippen LogP contribution in [0.4, 0.5) is 15.8 Å². The van der Waals surface area contributed by atoms with Gasteiger partial charge >= 0.3 is 0 Å². The lowest BCUT2D eigenvalue weighted by Crippen LogP contribution is -2.46. The van der Waals surface area contributed by atoms with Gasteiger partial charge in [0.2, 0.25) is 11.9 Å². The van der Waals surface area contributed by atoms with Crippen molar-refractivity contribution in [2.45, 2.75) is 19.5 Å². The van der Waals surface area contributed by atoms with Crippen molar-refractivity contribution in [1.29, 1.82) is 0 Å². The number of rotatable bonds is 4. The number of nitrogens with zero attached hydrogens (tertiary/aromatic N) is 4. The number of pyridine rings is 1. The summed E-state index contributed by atoms with van der Waals surface area (Å²) >= 11 is 0. The molecule has 9 heteroatoms. The van der Waals surface area contributed by atoms with E-state index in [4.69, 9.17) is 0 Å². The molecule has 2 aromatic heterocycles. The highest BCUT2D eigenvalue weighted by Gasteiger charge is 2.26. The highest BCUT2D eigenvalue weighted by Crippen LogP contribution is 2.33. The zero-order valence-corrected chi connectivity index (χ0v) is 18.1. The molecule has 1 aromatic carbocycles. The fourth-order valence-electron chi connectivity index (χ4n) is 4.56. The largest absolute Gasteiger partial charge is 0.365 e. The van der Waals surface area contributed by atoms with E-state index >= 15 is 0 Å². The van der Waals surface area contributed by atoms with Crippen LogP contribution in [-0.4, -0.2) is 59.5 Å². The van der Waals surface area contributed by atoms with Crippen LogP contribution in [0.1, 0.15) is 29.0 Å². The number of carbonyl (C=O) groups is 2. The molecule has 1 fully saturated rings. The molecular weight excluding hydrogens is 411 g/mol. The normalized spacial score (nSPS) is 18.7. The smallest absolute Gasteiger partial charge is 0.269 e. The first kappa shape index (κ1) is 20.4. The number of carbonyl (C=O) groups excluding carboxylic acids is 2. The number of aromatic nitrogens is 2. The fourth-order valence-corrected chi connectivity index (χ4v) is 4.56. The van der Waals surface area contributed by atoms with Crippen molar-refractivity contribution in [2.24, 2.45) is 0 Å². The Bertz CT molecular complexity index is 1210. The summed E-state index contributed by atoms with van der Waals surface area (Å²) in [5, 5.41) is 6.60. The molecule has 166 valence electrons. The van der Waals surface area contributed by atoms with Crippen molar-refractivity contribution in [1.82, 2.24) is 19.8 Å². The summed E-state index contributed by atoms with van der Waals surface area (Å²) in [7, 11) is 1.49. The van der Waals surface area contributed by atoms with E-state index in [2.05, 4.69) is 38.7 Å². The first-order chi connectivity index (χ1) is 15.4. The Labute approximate surface area is 185 Å². The van der Waals surface area contributed by atoms with E-state index in [1.165, 1.54) is 7.05 Å². The Morgan fingerprint density at radius 1 is 1.22 bits per heavy atom. The maximum Gasteiger partial charge on any atom is 0.269 e. The fraction of sp³-hybridized carbons (Fsp3) is 0.348. The number of benzene rings is 1. The van der Waals surface area contributed by atoms with Gasteiger partial charge in [-0.05, 0) is 42.8 Å². The molecule has 1 saturated heterocycles. The molecular formula is C23H25FN6O2. The Morgan fingerprint density at radius 2 is 2.00 bits per heavy atom. The molecule has 32 heavy (non-hydrogen) atoms. The van der Waals surface area contributed by atoms with Crippen molar-refractivity contribution < 1.29 is 14.0 Å². The third-order valence-corrected chi connectivity index (χ3v) is 6.33. The summed E-state index contributed by atoms with van der Waals surface area (Å²) in [5.74, 6) is -1.03. The van der Waals surface area contributed by atoms with Gasteiger partial charge in [0.05, 0.1) is 16.9 Å². The maximum absolute atomic E-state index is 14.5. The number of amides is 2. The van der Waals surface area contributed by atoms with Gasteiger partial charge in [0, 0.05) is 51.4 Å². The van der Waals surface area contributed by atoms with Gasteiger partial charge in [-0.2, -0.15) is 4.39 Å². The molecule has 1 atom stereocenters. The topological polar surface area (TPSA) is 82.5 Å². The zero-order valence-electron chi connectivity index (χ0n) is 18.1. The van der Waals surface area contributed by atoms with Crippen LogP contribution < -0.4 is 15.5 Å². The summed E-state index contributed by atoms with van der Waals surface area (Å²) in [6.45, 7) is 5.53. The molecule has 2 aliphatic heterocycles. The highest BCUT2D eigenvalue weighted by molar-refractivity contribution is 6.06. The maximum atomic E-state index is 14.5. The van der Waals surface area contributed by atoms with Crippen LogP contribution in [0.25, 0.3) is 10.9 Å². The van der Waals surface area contributed by atoms with Gasteiger partial charge in [-0.1, -0.05) is 0 Å². The summed E-state index contributed by atoms with van der Waals surface area (Å²) in [5.41, 5.74) is 3.54. The summed E-state index contributed by atoms with van der Waals surface area (Å²) in [4.78, 5) is 32.0. The van der Waals surface area contributed by atoms with Crippen LogP contribution in [0.2, 0.25) is 0 Å². The number of hydrogen-bond acceptors (Lipinski definition) is 5. The molecule has 2 N–H and O–H groups in total. The molecule has 5 rings (SSSR count). The van der Waals surface area contributed by atoms with E-state index in [-0.39, 0.29) is 17.6 Å². The Kier molecular flexibility index (Phi) is 5.05. The Morgan fingerprint density at radius 3 is 2.72 bits per heavy atom. The number of halogens is 1. The number of piperazine rings is 1. The standard InChI is InChI=1S/C23H25FN6O2/c1-14-22(31)27-18-12-15(11-16-5-6-30(14)20(16)18)13-28-7-9-29(10-8-28)19-4-3-17(23(32)25-2)26-21(19)24/h3-6,11-12,14H,7-10,13H2,1-2H3,(H,25,32)(H,27,31). The first-order valence-corrected chi connectivity index (χ1v) is 10.7. The molecule has 0 spiro atoms. The van der Waals surface area contributed by atoms with E-state index in [1.807, 2.05) is 22.6 Å². The van der Waals surface area contributed by atoms with Gasteiger partial charge < -0.3 is 20.1 Å². The molecule has 3 aromatic rings. The Balaban J connectivity index is 1.27. The van der Waals surface area contributed by atoms with Gasteiger partial charge in [0.1, 0.15) is 11.7 Å².